The van der Waals surface area contributed by atoms with Crippen LogP contribution in [-0.4, -0.2) is 52.9 Å². The van der Waals surface area contributed by atoms with Crippen molar-refractivity contribution in [1.29, 1.82) is 0 Å². The molecule has 0 saturated carbocycles. The number of aryl methyl sites for hydroxylation is 2. The fourth-order valence-electron chi connectivity index (χ4n) is 3.48. The van der Waals surface area contributed by atoms with Gasteiger partial charge in [-0.3, -0.25) is 4.79 Å². The molecule has 3 heterocycles. The summed E-state index contributed by atoms with van der Waals surface area (Å²) in [7, 11) is 0. The quantitative estimate of drug-likeness (QED) is 0.898. The highest BCUT2D eigenvalue weighted by Crippen LogP contribution is 2.31. The number of likely N-dealkylation sites (tertiary alicyclic amines) is 1. The maximum atomic E-state index is 12.8. The van der Waals surface area contributed by atoms with Crippen LogP contribution in [0.4, 0.5) is 11.6 Å². The largest absolute Gasteiger partial charge is 0.347 e. The first-order chi connectivity index (χ1) is 13.0. The fraction of sp³-hybridized carbons (Fsp3) is 0.450. The third kappa shape index (κ3) is 3.79. The summed E-state index contributed by atoms with van der Waals surface area (Å²) in [6.45, 7) is 6.59. The summed E-state index contributed by atoms with van der Waals surface area (Å²) in [5.41, 5.74) is 3.70. The minimum atomic E-state index is -0.488. The molecule has 1 N–H and O–H groups in total. The Bertz CT molecular complexity index is 839. The van der Waals surface area contributed by atoms with Crippen LogP contribution in [0.3, 0.4) is 0 Å². The number of amides is 1. The van der Waals surface area contributed by atoms with Crippen LogP contribution in [0.2, 0.25) is 0 Å². The van der Waals surface area contributed by atoms with Gasteiger partial charge in [0.2, 0.25) is 5.95 Å². The number of ether oxygens (including phenoxy) is 2. The SMILES string of the molecule is Cc1ccc(Nc2nccc(C(=O)N3CCC4(CC3)OCCO4)n2)cc1C. The van der Waals surface area contributed by atoms with E-state index in [1.165, 1.54) is 11.1 Å². The molecule has 2 saturated heterocycles. The summed E-state index contributed by atoms with van der Waals surface area (Å²) in [4.78, 5) is 23.3. The standard InChI is InChI=1S/C20H24N4O3/c1-14-3-4-16(13-15(14)2)22-19-21-8-5-17(23-19)18(25)24-9-6-20(7-10-24)26-11-12-27-20/h3-5,8,13H,6-7,9-12H2,1-2H3,(H,21,22,23). The summed E-state index contributed by atoms with van der Waals surface area (Å²) in [6.07, 6.45) is 2.99. The highest BCUT2D eigenvalue weighted by molar-refractivity contribution is 5.92. The van der Waals surface area contributed by atoms with Crippen molar-refractivity contribution in [2.45, 2.75) is 32.5 Å². The maximum Gasteiger partial charge on any atom is 0.272 e. The summed E-state index contributed by atoms with van der Waals surface area (Å²) >= 11 is 0. The molecule has 0 bridgehead atoms. The molecule has 4 rings (SSSR count). The van der Waals surface area contributed by atoms with Crippen molar-refractivity contribution >= 4 is 17.5 Å². The number of benzene rings is 1. The number of carbonyl (C=O) groups excluding carboxylic acids is 1. The molecule has 7 nitrogen and oxygen atoms in total. The number of piperidine rings is 1. The van der Waals surface area contributed by atoms with E-state index in [1.54, 1.807) is 17.2 Å². The maximum absolute atomic E-state index is 12.8. The van der Waals surface area contributed by atoms with E-state index in [2.05, 4.69) is 29.1 Å². The number of carbonyl (C=O) groups is 1. The molecule has 1 amide bonds. The first-order valence-electron chi connectivity index (χ1n) is 9.29. The number of hydrogen-bond acceptors (Lipinski definition) is 6. The lowest BCUT2D eigenvalue weighted by atomic mass is 10.0. The van der Waals surface area contributed by atoms with Gasteiger partial charge in [-0.15, -0.1) is 0 Å². The molecule has 7 heteroatoms. The molecule has 1 aromatic carbocycles. The smallest absolute Gasteiger partial charge is 0.272 e. The summed E-state index contributed by atoms with van der Waals surface area (Å²) < 4.78 is 11.4. The number of nitrogens with one attached hydrogen (secondary N) is 1. The van der Waals surface area contributed by atoms with Crippen molar-refractivity contribution in [3.63, 3.8) is 0 Å². The normalized spacial score (nSPS) is 18.7. The zero-order chi connectivity index (χ0) is 18.9. The number of rotatable bonds is 3. The molecule has 0 aliphatic carbocycles. The molecular formula is C20H24N4O3. The van der Waals surface area contributed by atoms with Crippen LogP contribution in [0.5, 0.6) is 0 Å². The Kier molecular flexibility index (Phi) is 4.80. The van der Waals surface area contributed by atoms with Crippen LogP contribution in [0.25, 0.3) is 0 Å². The third-order valence-electron chi connectivity index (χ3n) is 5.26. The van der Waals surface area contributed by atoms with E-state index >= 15 is 0 Å². The molecule has 2 aromatic rings. The molecule has 1 aromatic heterocycles. The van der Waals surface area contributed by atoms with Crippen LogP contribution in [0, 0.1) is 13.8 Å². The molecule has 27 heavy (non-hydrogen) atoms. The molecule has 2 aliphatic heterocycles. The van der Waals surface area contributed by atoms with E-state index in [0.29, 0.717) is 50.8 Å². The van der Waals surface area contributed by atoms with Crippen molar-refractivity contribution in [3.8, 4) is 0 Å². The van der Waals surface area contributed by atoms with E-state index in [1.807, 2.05) is 18.2 Å². The van der Waals surface area contributed by atoms with Gasteiger partial charge in [-0.2, -0.15) is 0 Å². The zero-order valence-corrected chi connectivity index (χ0v) is 15.7. The molecule has 1 spiro atoms. The Labute approximate surface area is 158 Å². The van der Waals surface area contributed by atoms with E-state index in [9.17, 15) is 4.79 Å². The van der Waals surface area contributed by atoms with Gasteiger partial charge in [0.25, 0.3) is 5.91 Å². The van der Waals surface area contributed by atoms with Gasteiger partial charge in [-0.25, -0.2) is 9.97 Å². The summed E-state index contributed by atoms with van der Waals surface area (Å²) in [6, 6.07) is 7.72. The minimum absolute atomic E-state index is 0.0895. The summed E-state index contributed by atoms with van der Waals surface area (Å²) in [5.74, 6) is -0.160. The summed E-state index contributed by atoms with van der Waals surface area (Å²) in [5, 5.41) is 3.18. The van der Waals surface area contributed by atoms with E-state index < -0.39 is 5.79 Å². The Morgan fingerprint density at radius 1 is 1.11 bits per heavy atom. The topological polar surface area (TPSA) is 76.6 Å². The van der Waals surface area contributed by atoms with Gasteiger partial charge < -0.3 is 19.7 Å². The van der Waals surface area contributed by atoms with Crippen LogP contribution in [0.15, 0.2) is 30.5 Å². The molecular weight excluding hydrogens is 344 g/mol. The second kappa shape index (κ2) is 7.25. The molecule has 0 radical (unpaired) electrons. The Morgan fingerprint density at radius 3 is 2.56 bits per heavy atom. The molecule has 2 aliphatic rings. The van der Waals surface area contributed by atoms with Gasteiger partial charge in [0.05, 0.1) is 13.2 Å². The van der Waals surface area contributed by atoms with Crippen LogP contribution >= 0.6 is 0 Å². The third-order valence-corrected chi connectivity index (χ3v) is 5.26. The average molecular weight is 368 g/mol. The Morgan fingerprint density at radius 2 is 1.85 bits per heavy atom. The number of aromatic nitrogens is 2. The van der Waals surface area contributed by atoms with Gasteiger partial charge >= 0.3 is 0 Å². The van der Waals surface area contributed by atoms with Crippen LogP contribution in [-0.2, 0) is 9.47 Å². The van der Waals surface area contributed by atoms with E-state index in [0.717, 1.165) is 5.69 Å². The Hall–Kier alpha value is -2.51. The van der Waals surface area contributed by atoms with Crippen molar-refractivity contribution in [3.05, 3.63) is 47.3 Å². The van der Waals surface area contributed by atoms with Gasteiger partial charge in [0, 0.05) is 37.8 Å². The second-order valence-electron chi connectivity index (χ2n) is 7.09. The average Bonchev–Trinajstić information content (AvgIpc) is 3.13. The van der Waals surface area contributed by atoms with E-state index in [4.69, 9.17) is 9.47 Å². The first-order valence-corrected chi connectivity index (χ1v) is 9.29. The molecule has 0 unspecified atom stereocenters. The van der Waals surface area contributed by atoms with Crippen LogP contribution in [0.1, 0.15) is 34.5 Å². The second-order valence-corrected chi connectivity index (χ2v) is 7.09. The predicted octanol–water partition coefficient (Wildman–Crippen LogP) is 2.82. The highest BCUT2D eigenvalue weighted by Gasteiger charge is 2.41. The number of hydrogen-bond donors (Lipinski definition) is 1. The molecule has 2 fully saturated rings. The van der Waals surface area contributed by atoms with Crippen LogP contribution < -0.4 is 5.32 Å². The first kappa shape index (κ1) is 17.9. The lowest BCUT2D eigenvalue weighted by molar-refractivity contribution is -0.181. The van der Waals surface area contributed by atoms with Crippen molar-refractivity contribution in [2.24, 2.45) is 0 Å². The van der Waals surface area contributed by atoms with Gasteiger partial charge in [-0.05, 0) is 43.2 Å². The van der Waals surface area contributed by atoms with E-state index in [-0.39, 0.29) is 5.91 Å². The highest BCUT2D eigenvalue weighted by atomic mass is 16.7. The monoisotopic (exact) mass is 368 g/mol. The Balaban J connectivity index is 1.44. The lowest BCUT2D eigenvalue weighted by Gasteiger charge is -2.37. The van der Waals surface area contributed by atoms with Gasteiger partial charge in [0.1, 0.15) is 5.69 Å². The molecule has 0 atom stereocenters. The predicted molar refractivity (Wildman–Crippen MR) is 101 cm³/mol. The van der Waals surface area contributed by atoms with Gasteiger partial charge in [-0.1, -0.05) is 6.07 Å². The minimum Gasteiger partial charge on any atom is -0.347 e. The number of nitrogens with zero attached hydrogens (tertiary/aromatic N) is 3. The van der Waals surface area contributed by atoms with Crippen molar-refractivity contribution in [2.75, 3.05) is 31.6 Å². The fourth-order valence-corrected chi connectivity index (χ4v) is 3.48. The van der Waals surface area contributed by atoms with Gasteiger partial charge in [0.15, 0.2) is 5.79 Å². The zero-order valence-electron chi connectivity index (χ0n) is 15.7. The lowest BCUT2D eigenvalue weighted by Crippen LogP contribution is -2.47. The molecule has 142 valence electrons. The van der Waals surface area contributed by atoms with Crippen molar-refractivity contribution in [1.82, 2.24) is 14.9 Å². The number of anilines is 2. The van der Waals surface area contributed by atoms with Crippen molar-refractivity contribution < 1.29 is 14.3 Å².